The lowest BCUT2D eigenvalue weighted by molar-refractivity contribution is -0.139. The van der Waals surface area contributed by atoms with Crippen molar-refractivity contribution in [2.24, 2.45) is 0 Å². The first-order valence-corrected chi connectivity index (χ1v) is 7.34. The number of ether oxygens (including phenoxy) is 1. The molecule has 6 nitrogen and oxygen atoms in total. The average molecular weight is 295 g/mol. The summed E-state index contributed by atoms with van der Waals surface area (Å²) in [5.74, 6) is 5.25. The average Bonchev–Trinajstić information content (AvgIpc) is 2.98. The number of rotatable bonds is 7. The number of likely N-dealkylation sites (tertiary alicyclic amines) is 1. The van der Waals surface area contributed by atoms with Gasteiger partial charge in [0, 0.05) is 13.1 Å². The van der Waals surface area contributed by atoms with Gasteiger partial charge in [-0.1, -0.05) is 5.92 Å². The lowest BCUT2D eigenvalue weighted by Gasteiger charge is -2.28. The minimum atomic E-state index is -0.664. The summed E-state index contributed by atoms with van der Waals surface area (Å²) >= 11 is 0. The normalized spacial score (nSPS) is 16.8. The van der Waals surface area contributed by atoms with Crippen molar-refractivity contribution in [1.82, 2.24) is 15.5 Å². The SMILES string of the molecule is CC#CCOC(C)C(NC(=O)CNC)C(=O)N1CCCC1. The second-order valence-electron chi connectivity index (χ2n) is 5.05. The van der Waals surface area contributed by atoms with Crippen LogP contribution < -0.4 is 10.6 Å². The number of hydrogen-bond acceptors (Lipinski definition) is 4. The molecule has 0 saturated carbocycles. The maximum absolute atomic E-state index is 12.5. The molecule has 6 heteroatoms. The van der Waals surface area contributed by atoms with E-state index in [9.17, 15) is 9.59 Å². The van der Waals surface area contributed by atoms with Crippen LogP contribution in [0.1, 0.15) is 26.7 Å². The molecule has 118 valence electrons. The van der Waals surface area contributed by atoms with Crippen LogP contribution in [0.4, 0.5) is 0 Å². The van der Waals surface area contributed by atoms with E-state index in [1.165, 1.54) is 0 Å². The van der Waals surface area contributed by atoms with Gasteiger partial charge in [-0.3, -0.25) is 9.59 Å². The topological polar surface area (TPSA) is 70.7 Å². The van der Waals surface area contributed by atoms with E-state index >= 15 is 0 Å². The van der Waals surface area contributed by atoms with Gasteiger partial charge in [-0.25, -0.2) is 0 Å². The molecule has 0 aromatic carbocycles. The maximum atomic E-state index is 12.5. The maximum Gasteiger partial charge on any atom is 0.247 e. The van der Waals surface area contributed by atoms with Crippen LogP contribution in [0.15, 0.2) is 0 Å². The zero-order valence-electron chi connectivity index (χ0n) is 13.1. The van der Waals surface area contributed by atoms with Gasteiger partial charge in [0.2, 0.25) is 11.8 Å². The summed E-state index contributed by atoms with van der Waals surface area (Å²) in [5.41, 5.74) is 0. The molecule has 1 saturated heterocycles. The van der Waals surface area contributed by atoms with Crippen LogP contribution in [0.25, 0.3) is 0 Å². The molecule has 0 aromatic rings. The Kier molecular flexibility index (Phi) is 7.80. The Bertz CT molecular complexity index is 408. The minimum absolute atomic E-state index is 0.0751. The number of hydrogen-bond donors (Lipinski definition) is 2. The third-order valence-corrected chi connectivity index (χ3v) is 3.40. The molecule has 1 aliphatic heterocycles. The number of carbonyl (C=O) groups is 2. The number of nitrogens with zero attached hydrogens (tertiary/aromatic N) is 1. The zero-order valence-corrected chi connectivity index (χ0v) is 13.1. The Morgan fingerprint density at radius 1 is 1.33 bits per heavy atom. The molecule has 2 N–H and O–H groups in total. The smallest absolute Gasteiger partial charge is 0.247 e. The molecule has 0 aromatic heterocycles. The Hall–Kier alpha value is -1.58. The van der Waals surface area contributed by atoms with Crippen LogP contribution in [-0.2, 0) is 14.3 Å². The summed E-state index contributed by atoms with van der Waals surface area (Å²) < 4.78 is 5.55. The van der Waals surface area contributed by atoms with E-state index in [0.717, 1.165) is 25.9 Å². The summed E-state index contributed by atoms with van der Waals surface area (Å²) in [4.78, 5) is 26.1. The van der Waals surface area contributed by atoms with Gasteiger partial charge in [-0.05, 0) is 33.7 Å². The summed E-state index contributed by atoms with van der Waals surface area (Å²) in [6.07, 6.45) is 1.61. The van der Waals surface area contributed by atoms with Crippen LogP contribution in [-0.4, -0.2) is 62.1 Å². The highest BCUT2D eigenvalue weighted by Gasteiger charge is 2.32. The van der Waals surface area contributed by atoms with E-state index < -0.39 is 12.1 Å². The highest BCUT2D eigenvalue weighted by molar-refractivity contribution is 5.89. The first-order valence-electron chi connectivity index (χ1n) is 7.34. The van der Waals surface area contributed by atoms with Crippen molar-refractivity contribution in [1.29, 1.82) is 0 Å². The Labute approximate surface area is 126 Å². The fourth-order valence-corrected chi connectivity index (χ4v) is 2.24. The first kappa shape index (κ1) is 17.5. The third-order valence-electron chi connectivity index (χ3n) is 3.40. The van der Waals surface area contributed by atoms with Gasteiger partial charge in [0.05, 0.1) is 12.6 Å². The van der Waals surface area contributed by atoms with E-state index in [2.05, 4.69) is 22.5 Å². The van der Waals surface area contributed by atoms with Gasteiger partial charge in [-0.15, -0.1) is 5.92 Å². The Morgan fingerprint density at radius 3 is 2.57 bits per heavy atom. The fourth-order valence-electron chi connectivity index (χ4n) is 2.24. The van der Waals surface area contributed by atoms with Gasteiger partial charge >= 0.3 is 0 Å². The molecule has 0 spiro atoms. The van der Waals surface area contributed by atoms with Crippen molar-refractivity contribution >= 4 is 11.8 Å². The molecule has 2 unspecified atom stereocenters. The molecule has 1 aliphatic rings. The third kappa shape index (κ3) is 5.74. The van der Waals surface area contributed by atoms with E-state index in [1.54, 1.807) is 25.8 Å². The molecule has 0 aliphatic carbocycles. The quantitative estimate of drug-likeness (QED) is 0.635. The number of likely N-dealkylation sites (N-methyl/N-ethyl adjacent to an activating group) is 1. The van der Waals surface area contributed by atoms with Crippen LogP contribution in [0, 0.1) is 11.8 Å². The van der Waals surface area contributed by atoms with Crippen molar-refractivity contribution in [3.8, 4) is 11.8 Å². The number of nitrogens with one attached hydrogen (secondary N) is 2. The van der Waals surface area contributed by atoms with Crippen LogP contribution in [0.5, 0.6) is 0 Å². The Morgan fingerprint density at radius 2 is 2.00 bits per heavy atom. The van der Waals surface area contributed by atoms with E-state index in [-0.39, 0.29) is 25.0 Å². The fraction of sp³-hybridized carbons (Fsp3) is 0.733. The molecular formula is C15H25N3O3. The van der Waals surface area contributed by atoms with Crippen molar-refractivity contribution < 1.29 is 14.3 Å². The van der Waals surface area contributed by atoms with E-state index in [1.807, 2.05) is 0 Å². The first-order chi connectivity index (χ1) is 10.1. The van der Waals surface area contributed by atoms with Crippen LogP contribution in [0.2, 0.25) is 0 Å². The van der Waals surface area contributed by atoms with Gasteiger partial charge in [0.25, 0.3) is 0 Å². The Balaban J connectivity index is 2.68. The number of amides is 2. The number of carbonyl (C=O) groups excluding carboxylic acids is 2. The second-order valence-corrected chi connectivity index (χ2v) is 5.05. The highest BCUT2D eigenvalue weighted by atomic mass is 16.5. The zero-order chi connectivity index (χ0) is 15.7. The van der Waals surface area contributed by atoms with Crippen molar-refractivity contribution in [3.63, 3.8) is 0 Å². The van der Waals surface area contributed by atoms with Gasteiger partial charge < -0.3 is 20.3 Å². The molecular weight excluding hydrogens is 270 g/mol. The summed E-state index contributed by atoms with van der Waals surface area (Å²) in [6, 6.07) is -0.664. The van der Waals surface area contributed by atoms with E-state index in [0.29, 0.717) is 0 Å². The largest absolute Gasteiger partial charge is 0.363 e. The van der Waals surface area contributed by atoms with Crippen molar-refractivity contribution in [3.05, 3.63) is 0 Å². The standard InChI is InChI=1S/C15H25N3O3/c1-4-5-10-21-12(2)14(17-13(19)11-16-3)15(20)18-8-6-7-9-18/h12,14,16H,6-11H2,1-3H3,(H,17,19). The van der Waals surface area contributed by atoms with Gasteiger partial charge in [0.1, 0.15) is 12.6 Å². The lowest BCUT2D eigenvalue weighted by atomic mass is 10.1. The second kappa shape index (κ2) is 9.37. The molecule has 1 heterocycles. The van der Waals surface area contributed by atoms with Gasteiger partial charge in [0.15, 0.2) is 0 Å². The predicted octanol–water partition coefficient (Wildman–Crippen LogP) is -0.259. The molecule has 2 atom stereocenters. The van der Waals surface area contributed by atoms with Gasteiger partial charge in [-0.2, -0.15) is 0 Å². The van der Waals surface area contributed by atoms with Crippen molar-refractivity contribution in [2.45, 2.75) is 38.8 Å². The summed E-state index contributed by atoms with van der Waals surface area (Å²) in [6.45, 7) is 5.44. The molecule has 21 heavy (non-hydrogen) atoms. The summed E-state index contributed by atoms with van der Waals surface area (Å²) in [5, 5.41) is 5.53. The molecule has 2 amide bonds. The van der Waals surface area contributed by atoms with Crippen molar-refractivity contribution in [2.75, 3.05) is 33.3 Å². The molecule has 1 fully saturated rings. The predicted molar refractivity (Wildman–Crippen MR) is 80.5 cm³/mol. The minimum Gasteiger partial charge on any atom is -0.363 e. The molecule has 1 rings (SSSR count). The molecule has 0 bridgehead atoms. The summed E-state index contributed by atoms with van der Waals surface area (Å²) in [7, 11) is 1.69. The monoisotopic (exact) mass is 295 g/mol. The van der Waals surface area contributed by atoms with Crippen LogP contribution >= 0.6 is 0 Å². The van der Waals surface area contributed by atoms with E-state index in [4.69, 9.17) is 4.74 Å². The lowest BCUT2D eigenvalue weighted by Crippen LogP contribution is -2.55. The highest BCUT2D eigenvalue weighted by Crippen LogP contribution is 2.12. The van der Waals surface area contributed by atoms with Crippen LogP contribution in [0.3, 0.4) is 0 Å². The molecule has 0 radical (unpaired) electrons.